The zero-order chi connectivity index (χ0) is 17.6. The van der Waals surface area contributed by atoms with E-state index in [0.29, 0.717) is 11.0 Å². The molecule has 3 nitrogen and oxygen atoms in total. The third-order valence-corrected chi connectivity index (χ3v) is 5.79. The smallest absolute Gasteiger partial charge is 0.230 e. The third kappa shape index (κ3) is 5.52. The Labute approximate surface area is 150 Å². The summed E-state index contributed by atoms with van der Waals surface area (Å²) in [6, 6.07) is 10.7. The molecule has 1 fully saturated rings. The van der Waals surface area contributed by atoms with E-state index in [-0.39, 0.29) is 16.9 Å². The number of ether oxygens (including phenoxy) is 1. The van der Waals surface area contributed by atoms with Gasteiger partial charge in [-0.2, -0.15) is 0 Å². The molecule has 134 valence electrons. The van der Waals surface area contributed by atoms with Crippen molar-refractivity contribution < 1.29 is 9.53 Å². The van der Waals surface area contributed by atoms with E-state index < -0.39 is 0 Å². The Morgan fingerprint density at radius 1 is 1.29 bits per heavy atom. The normalized spacial score (nSPS) is 23.2. The van der Waals surface area contributed by atoms with Gasteiger partial charge in [-0.3, -0.25) is 4.79 Å². The highest BCUT2D eigenvalue weighted by Crippen LogP contribution is 2.43. The minimum absolute atomic E-state index is 0.0848. The lowest BCUT2D eigenvalue weighted by Crippen LogP contribution is -2.45. The summed E-state index contributed by atoms with van der Waals surface area (Å²) >= 11 is 1.69. The highest BCUT2D eigenvalue weighted by atomic mass is 32.2. The molecule has 1 aliphatic heterocycles. The lowest BCUT2D eigenvalue weighted by atomic mass is 9.67. The summed E-state index contributed by atoms with van der Waals surface area (Å²) in [7, 11) is 0. The van der Waals surface area contributed by atoms with Crippen molar-refractivity contribution in [2.75, 3.05) is 18.9 Å². The van der Waals surface area contributed by atoms with Gasteiger partial charge in [-0.15, -0.1) is 11.8 Å². The molecule has 1 aliphatic rings. The van der Waals surface area contributed by atoms with Gasteiger partial charge >= 0.3 is 0 Å². The fraction of sp³-hybridized carbons (Fsp3) is 0.650. The van der Waals surface area contributed by atoms with E-state index in [4.69, 9.17) is 4.74 Å². The van der Waals surface area contributed by atoms with Crippen molar-refractivity contribution in [3.05, 3.63) is 35.9 Å². The van der Waals surface area contributed by atoms with E-state index in [9.17, 15) is 4.79 Å². The third-order valence-electron chi connectivity index (χ3n) is 4.70. The molecule has 4 heteroatoms. The zero-order valence-electron chi connectivity index (χ0n) is 15.4. The Kier molecular flexibility index (Phi) is 6.76. The molecule has 1 aromatic rings. The number of amides is 1. The molecule has 0 aromatic heterocycles. The Hall–Kier alpha value is -1.00. The van der Waals surface area contributed by atoms with Crippen LogP contribution in [0.15, 0.2) is 30.3 Å². The number of hydrogen-bond acceptors (Lipinski definition) is 3. The van der Waals surface area contributed by atoms with Gasteiger partial charge in [0, 0.05) is 18.6 Å². The van der Waals surface area contributed by atoms with Crippen LogP contribution in [-0.2, 0) is 14.9 Å². The SMILES string of the molecule is CC(C)SCC(=O)NCC[C@]1(c2ccccc2)CCOC(C)(C)C1. The topological polar surface area (TPSA) is 38.3 Å². The highest BCUT2D eigenvalue weighted by molar-refractivity contribution is 8.00. The number of benzene rings is 1. The van der Waals surface area contributed by atoms with Crippen LogP contribution in [0.25, 0.3) is 0 Å². The number of carbonyl (C=O) groups excluding carboxylic acids is 1. The molecule has 0 unspecified atom stereocenters. The second-order valence-electron chi connectivity index (χ2n) is 7.64. The Morgan fingerprint density at radius 2 is 2.00 bits per heavy atom. The first kappa shape index (κ1) is 19.3. The van der Waals surface area contributed by atoms with Crippen molar-refractivity contribution >= 4 is 17.7 Å². The fourth-order valence-corrected chi connectivity index (χ4v) is 4.19. The van der Waals surface area contributed by atoms with Gasteiger partial charge in [-0.25, -0.2) is 0 Å². The van der Waals surface area contributed by atoms with Crippen molar-refractivity contribution in [1.29, 1.82) is 0 Å². The lowest BCUT2D eigenvalue weighted by Gasteiger charge is -2.45. The van der Waals surface area contributed by atoms with Crippen LogP contribution in [0.4, 0.5) is 0 Å². The van der Waals surface area contributed by atoms with E-state index in [0.717, 1.165) is 32.4 Å². The van der Waals surface area contributed by atoms with Crippen molar-refractivity contribution in [3.8, 4) is 0 Å². The maximum Gasteiger partial charge on any atom is 0.230 e. The molecule has 1 saturated heterocycles. The van der Waals surface area contributed by atoms with Crippen LogP contribution in [-0.4, -0.2) is 35.7 Å². The average Bonchev–Trinajstić information content (AvgIpc) is 2.53. The van der Waals surface area contributed by atoms with Gasteiger partial charge in [0.25, 0.3) is 0 Å². The van der Waals surface area contributed by atoms with Crippen LogP contribution in [0.3, 0.4) is 0 Å². The quantitative estimate of drug-likeness (QED) is 0.803. The number of thioether (sulfide) groups is 1. The first-order chi connectivity index (χ1) is 11.3. The maximum absolute atomic E-state index is 12.0. The van der Waals surface area contributed by atoms with Crippen LogP contribution in [0.1, 0.15) is 52.5 Å². The molecule has 0 aliphatic carbocycles. The second-order valence-corrected chi connectivity index (χ2v) is 9.21. The predicted molar refractivity (Wildman–Crippen MR) is 103 cm³/mol. The Morgan fingerprint density at radius 3 is 2.62 bits per heavy atom. The van der Waals surface area contributed by atoms with E-state index in [2.05, 4.69) is 63.3 Å². The minimum Gasteiger partial charge on any atom is -0.376 e. The van der Waals surface area contributed by atoms with Gasteiger partial charge in [0.15, 0.2) is 0 Å². The van der Waals surface area contributed by atoms with Crippen LogP contribution in [0, 0.1) is 0 Å². The Balaban J connectivity index is 2.01. The van der Waals surface area contributed by atoms with Crippen molar-refractivity contribution in [3.63, 3.8) is 0 Å². The van der Waals surface area contributed by atoms with Crippen molar-refractivity contribution in [1.82, 2.24) is 5.32 Å². The molecule has 2 rings (SSSR count). The second kappa shape index (κ2) is 8.39. The summed E-state index contributed by atoms with van der Waals surface area (Å²) in [6.07, 6.45) is 2.96. The molecule has 1 amide bonds. The van der Waals surface area contributed by atoms with Crippen LogP contribution in [0.2, 0.25) is 0 Å². The molecular weight excluding hydrogens is 318 g/mol. The van der Waals surface area contributed by atoms with Gasteiger partial charge < -0.3 is 10.1 Å². The number of hydrogen-bond donors (Lipinski definition) is 1. The predicted octanol–water partition coefficient (Wildman–Crippen LogP) is 4.16. The first-order valence-corrected chi connectivity index (χ1v) is 9.96. The molecule has 1 atom stereocenters. The summed E-state index contributed by atoms with van der Waals surface area (Å²) in [6.45, 7) is 10.1. The monoisotopic (exact) mass is 349 g/mol. The molecular formula is C20H31NO2S. The molecule has 24 heavy (non-hydrogen) atoms. The molecule has 1 aromatic carbocycles. The van der Waals surface area contributed by atoms with Crippen molar-refractivity contribution in [2.24, 2.45) is 0 Å². The van der Waals surface area contributed by atoms with Crippen LogP contribution < -0.4 is 5.32 Å². The van der Waals surface area contributed by atoms with Crippen molar-refractivity contribution in [2.45, 2.75) is 63.2 Å². The summed E-state index contributed by atoms with van der Waals surface area (Å²) in [5.74, 6) is 0.688. The molecule has 0 bridgehead atoms. The van der Waals surface area contributed by atoms with Crippen LogP contribution >= 0.6 is 11.8 Å². The molecule has 1 heterocycles. The summed E-state index contributed by atoms with van der Waals surface area (Å²) in [5.41, 5.74) is 1.33. The van der Waals surface area contributed by atoms with E-state index in [1.165, 1.54) is 5.56 Å². The van der Waals surface area contributed by atoms with Crippen LogP contribution in [0.5, 0.6) is 0 Å². The number of nitrogens with one attached hydrogen (secondary N) is 1. The van der Waals surface area contributed by atoms with Gasteiger partial charge in [0.2, 0.25) is 5.91 Å². The molecule has 0 spiro atoms. The molecule has 0 radical (unpaired) electrons. The molecule has 1 N–H and O–H groups in total. The van der Waals surface area contributed by atoms with E-state index >= 15 is 0 Å². The first-order valence-electron chi connectivity index (χ1n) is 8.91. The van der Waals surface area contributed by atoms with Gasteiger partial charge in [-0.05, 0) is 43.9 Å². The largest absolute Gasteiger partial charge is 0.376 e. The summed E-state index contributed by atoms with van der Waals surface area (Å²) < 4.78 is 5.94. The van der Waals surface area contributed by atoms with Gasteiger partial charge in [0.1, 0.15) is 0 Å². The highest BCUT2D eigenvalue weighted by Gasteiger charge is 2.41. The average molecular weight is 350 g/mol. The summed E-state index contributed by atoms with van der Waals surface area (Å²) in [4.78, 5) is 12.0. The number of rotatable bonds is 7. The minimum atomic E-state index is -0.119. The summed E-state index contributed by atoms with van der Waals surface area (Å²) in [5, 5.41) is 3.60. The number of carbonyl (C=O) groups is 1. The zero-order valence-corrected chi connectivity index (χ0v) is 16.2. The maximum atomic E-state index is 12.0. The van der Waals surface area contributed by atoms with Gasteiger partial charge in [-0.1, -0.05) is 44.2 Å². The lowest BCUT2D eigenvalue weighted by molar-refractivity contribution is -0.118. The van der Waals surface area contributed by atoms with Gasteiger partial charge in [0.05, 0.1) is 11.4 Å². The Bertz CT molecular complexity index is 530. The van der Waals surface area contributed by atoms with E-state index in [1.54, 1.807) is 11.8 Å². The van der Waals surface area contributed by atoms with E-state index in [1.807, 2.05) is 0 Å². The standard InChI is InChI=1S/C20H31NO2S/c1-16(2)24-14-18(22)21-12-10-20(17-8-6-5-7-9-17)11-13-23-19(3,4)15-20/h5-9,16H,10-15H2,1-4H3,(H,21,22)/t20-/m0/s1. The molecule has 0 saturated carbocycles. The fourth-order valence-electron chi connectivity index (χ4n) is 3.61.